The van der Waals surface area contributed by atoms with Crippen LogP contribution in [-0.2, 0) is 10.0 Å². The number of primary sulfonamides is 1. The molecule has 2 aromatic rings. The summed E-state index contributed by atoms with van der Waals surface area (Å²) in [4.78, 5) is 11.3. The third kappa shape index (κ3) is 4.03. The van der Waals surface area contributed by atoms with Gasteiger partial charge < -0.3 is 0 Å². The maximum absolute atomic E-state index is 11.3. The number of hydrogen-bond donors (Lipinski definition) is 1. The molecule has 0 unspecified atom stereocenters. The van der Waals surface area contributed by atoms with Crippen LogP contribution in [-0.4, -0.2) is 13.3 Å². The molecule has 0 radical (unpaired) electrons. The Labute approximate surface area is 133 Å². The van der Waals surface area contributed by atoms with E-state index < -0.39 is 14.9 Å². The quantitative estimate of drug-likeness (QED) is 0.639. The van der Waals surface area contributed by atoms with Crippen molar-refractivity contribution < 1.29 is 13.3 Å². The molecule has 110 valence electrons. The van der Waals surface area contributed by atoms with Crippen LogP contribution < -0.4 is 5.14 Å². The summed E-state index contributed by atoms with van der Waals surface area (Å²) < 4.78 is 23.4. The molecule has 2 aromatic carbocycles. The van der Waals surface area contributed by atoms with Crippen molar-refractivity contribution in [3.05, 3.63) is 57.1 Å². The van der Waals surface area contributed by atoms with E-state index in [2.05, 4.69) is 15.9 Å². The van der Waals surface area contributed by atoms with Crippen molar-refractivity contribution in [2.24, 2.45) is 5.14 Å². The largest absolute Gasteiger partial charge is 0.284 e. The van der Waals surface area contributed by atoms with Gasteiger partial charge in [0.2, 0.25) is 10.0 Å². The lowest BCUT2D eigenvalue weighted by Gasteiger charge is -2.05. The standard InChI is InChI=1S/C12H9BrN2O4S2/c13-8-1-3-9(4-2-8)20-12-6-5-10(21(14,18)19)7-11(12)15(16)17/h1-7H,(H2,14,18,19). The van der Waals surface area contributed by atoms with Gasteiger partial charge >= 0.3 is 0 Å². The molecule has 2 N–H and O–H groups in total. The fourth-order valence-electron chi connectivity index (χ4n) is 1.53. The molecule has 0 bridgehead atoms. The average Bonchev–Trinajstić information content (AvgIpc) is 2.40. The number of nitrogens with zero attached hydrogens (tertiary/aromatic N) is 1. The number of rotatable bonds is 4. The molecular formula is C12H9BrN2O4S2. The smallest absolute Gasteiger partial charge is 0.258 e. The molecule has 9 heteroatoms. The third-order valence-corrected chi connectivity index (χ3v) is 5.01. The Balaban J connectivity index is 2.44. The van der Waals surface area contributed by atoms with E-state index in [9.17, 15) is 18.5 Å². The van der Waals surface area contributed by atoms with Gasteiger partial charge in [-0.2, -0.15) is 0 Å². The number of nitro groups is 1. The number of benzene rings is 2. The Bertz CT molecular complexity index is 791. The van der Waals surface area contributed by atoms with Crippen molar-refractivity contribution in [1.82, 2.24) is 0 Å². The van der Waals surface area contributed by atoms with E-state index in [-0.39, 0.29) is 10.6 Å². The molecule has 0 heterocycles. The van der Waals surface area contributed by atoms with Crippen LogP contribution in [0.15, 0.2) is 61.6 Å². The van der Waals surface area contributed by atoms with E-state index >= 15 is 0 Å². The summed E-state index contributed by atoms with van der Waals surface area (Å²) in [5.41, 5.74) is -0.297. The molecule has 0 aliphatic rings. The minimum absolute atomic E-state index is 0.283. The summed E-state index contributed by atoms with van der Waals surface area (Å²) in [6.45, 7) is 0. The van der Waals surface area contributed by atoms with Crippen molar-refractivity contribution in [2.75, 3.05) is 0 Å². The predicted octanol–water partition coefficient (Wildman–Crippen LogP) is 3.16. The van der Waals surface area contributed by atoms with Gasteiger partial charge in [-0.05, 0) is 36.4 Å². The zero-order chi connectivity index (χ0) is 15.6. The molecule has 21 heavy (non-hydrogen) atoms. The van der Waals surface area contributed by atoms with Crippen LogP contribution in [0.1, 0.15) is 0 Å². The highest BCUT2D eigenvalue weighted by Gasteiger charge is 2.19. The molecule has 0 aromatic heterocycles. The highest BCUT2D eigenvalue weighted by Crippen LogP contribution is 2.36. The Kier molecular flexibility index (Phi) is 4.67. The number of sulfonamides is 1. The minimum Gasteiger partial charge on any atom is -0.258 e. The molecule has 2 rings (SSSR count). The van der Waals surface area contributed by atoms with Gasteiger partial charge in [0.05, 0.1) is 14.7 Å². The summed E-state index contributed by atoms with van der Waals surface area (Å²) in [5, 5.41) is 16.1. The van der Waals surface area contributed by atoms with Crippen molar-refractivity contribution in [3.8, 4) is 0 Å². The molecule has 0 saturated carbocycles. The molecular weight excluding hydrogens is 380 g/mol. The lowest BCUT2D eigenvalue weighted by Crippen LogP contribution is -2.12. The lowest BCUT2D eigenvalue weighted by molar-refractivity contribution is -0.388. The van der Waals surface area contributed by atoms with Crippen molar-refractivity contribution in [2.45, 2.75) is 14.7 Å². The van der Waals surface area contributed by atoms with Gasteiger partial charge in [-0.25, -0.2) is 13.6 Å². The molecule has 0 spiro atoms. The number of hydrogen-bond acceptors (Lipinski definition) is 5. The summed E-state index contributed by atoms with van der Waals surface area (Å²) in [5.74, 6) is 0. The van der Waals surface area contributed by atoms with E-state index in [1.165, 1.54) is 23.9 Å². The second kappa shape index (κ2) is 6.14. The molecule has 6 nitrogen and oxygen atoms in total. The van der Waals surface area contributed by atoms with E-state index in [1.807, 2.05) is 12.1 Å². The van der Waals surface area contributed by atoms with Crippen LogP contribution in [0.5, 0.6) is 0 Å². The minimum atomic E-state index is -3.97. The van der Waals surface area contributed by atoms with Crippen LogP contribution >= 0.6 is 27.7 Å². The average molecular weight is 389 g/mol. The second-order valence-electron chi connectivity index (χ2n) is 3.99. The first-order valence-electron chi connectivity index (χ1n) is 5.52. The highest BCUT2D eigenvalue weighted by atomic mass is 79.9. The van der Waals surface area contributed by atoms with E-state index in [0.717, 1.165) is 15.4 Å². The van der Waals surface area contributed by atoms with Gasteiger partial charge in [0.15, 0.2) is 0 Å². The first-order valence-corrected chi connectivity index (χ1v) is 8.67. The summed E-state index contributed by atoms with van der Waals surface area (Å²) in [6, 6.07) is 10.8. The first-order chi connectivity index (χ1) is 9.77. The van der Waals surface area contributed by atoms with Gasteiger partial charge in [0.25, 0.3) is 5.69 Å². The van der Waals surface area contributed by atoms with Crippen molar-refractivity contribution in [3.63, 3.8) is 0 Å². The lowest BCUT2D eigenvalue weighted by atomic mass is 10.3. The maximum Gasteiger partial charge on any atom is 0.284 e. The van der Waals surface area contributed by atoms with Crippen LogP contribution in [0, 0.1) is 10.1 Å². The van der Waals surface area contributed by atoms with Crippen LogP contribution in [0.4, 0.5) is 5.69 Å². The van der Waals surface area contributed by atoms with Gasteiger partial charge in [0.1, 0.15) is 0 Å². The normalized spacial score (nSPS) is 11.3. The summed E-state index contributed by atoms with van der Waals surface area (Å²) in [6.07, 6.45) is 0. The van der Waals surface area contributed by atoms with Crippen molar-refractivity contribution >= 4 is 43.4 Å². The molecule has 0 saturated heterocycles. The Morgan fingerprint density at radius 2 is 1.76 bits per heavy atom. The predicted molar refractivity (Wildman–Crippen MR) is 82.7 cm³/mol. The van der Waals surface area contributed by atoms with Crippen molar-refractivity contribution in [1.29, 1.82) is 0 Å². The Morgan fingerprint density at radius 1 is 1.14 bits per heavy atom. The van der Waals surface area contributed by atoms with E-state index in [4.69, 9.17) is 5.14 Å². The maximum atomic E-state index is 11.3. The van der Waals surface area contributed by atoms with Gasteiger partial charge in [-0.15, -0.1) is 0 Å². The molecule has 0 atom stereocenters. The Hall–Kier alpha value is -1.42. The zero-order valence-corrected chi connectivity index (χ0v) is 13.6. The summed E-state index contributed by atoms with van der Waals surface area (Å²) in [7, 11) is -3.97. The monoisotopic (exact) mass is 388 g/mol. The molecule has 0 amide bonds. The van der Waals surface area contributed by atoms with Gasteiger partial charge in [-0.3, -0.25) is 10.1 Å². The fraction of sp³-hybridized carbons (Fsp3) is 0. The van der Waals surface area contributed by atoms with Crippen LogP contribution in [0.2, 0.25) is 0 Å². The topological polar surface area (TPSA) is 103 Å². The molecule has 0 aliphatic carbocycles. The van der Waals surface area contributed by atoms with E-state index in [1.54, 1.807) is 12.1 Å². The zero-order valence-electron chi connectivity index (χ0n) is 10.4. The molecule has 0 aliphatic heterocycles. The SMILES string of the molecule is NS(=O)(=O)c1ccc(Sc2ccc(Br)cc2)c([N+](=O)[O-])c1. The van der Waals surface area contributed by atoms with Crippen LogP contribution in [0.3, 0.4) is 0 Å². The highest BCUT2D eigenvalue weighted by molar-refractivity contribution is 9.10. The Morgan fingerprint density at radius 3 is 2.29 bits per heavy atom. The number of nitro benzene ring substituents is 1. The number of nitrogens with two attached hydrogens (primary N) is 1. The second-order valence-corrected chi connectivity index (χ2v) is 7.58. The van der Waals surface area contributed by atoms with Crippen LogP contribution in [0.25, 0.3) is 0 Å². The summed E-state index contributed by atoms with van der Waals surface area (Å²) >= 11 is 4.47. The third-order valence-electron chi connectivity index (χ3n) is 2.50. The van der Waals surface area contributed by atoms with Gasteiger partial charge in [-0.1, -0.05) is 27.7 Å². The van der Waals surface area contributed by atoms with E-state index in [0.29, 0.717) is 4.90 Å². The van der Waals surface area contributed by atoms with Gasteiger partial charge in [0, 0.05) is 15.4 Å². The number of halogens is 1. The fourth-order valence-corrected chi connectivity index (χ4v) is 3.23. The first kappa shape index (κ1) is 16.0. The molecule has 0 fully saturated rings.